The molecule has 8 heteroatoms. The highest BCUT2D eigenvalue weighted by atomic mass is 127. The van der Waals surface area contributed by atoms with Gasteiger partial charge >= 0.3 is 0 Å². The maximum Gasteiger partial charge on any atom is 0.246 e. The number of halogens is 1. The summed E-state index contributed by atoms with van der Waals surface area (Å²) in [5, 5.41) is 7.09. The van der Waals surface area contributed by atoms with Crippen molar-refractivity contribution in [3.05, 3.63) is 46.6 Å². The van der Waals surface area contributed by atoms with E-state index in [1.165, 1.54) is 16.7 Å². The minimum Gasteiger partial charge on any atom is -0.370 e. The Morgan fingerprint density at radius 1 is 1.35 bits per heavy atom. The van der Waals surface area contributed by atoms with E-state index < -0.39 is 0 Å². The minimum absolute atomic E-state index is 0. The molecule has 1 saturated heterocycles. The molecule has 2 aromatic rings. The van der Waals surface area contributed by atoms with Crippen LogP contribution >= 0.6 is 24.0 Å². The van der Waals surface area contributed by atoms with E-state index in [0.717, 1.165) is 19.0 Å². The molecule has 1 aromatic carbocycles. The highest BCUT2D eigenvalue weighted by molar-refractivity contribution is 14.0. The number of aryl methyl sites for hydroxylation is 3. The summed E-state index contributed by atoms with van der Waals surface area (Å²) in [6.45, 7) is 8.72. The van der Waals surface area contributed by atoms with Crippen LogP contribution in [0.1, 0.15) is 34.5 Å². The molecule has 1 aliphatic rings. The molecule has 1 unspecified atom stereocenters. The molecule has 1 aromatic heterocycles. The van der Waals surface area contributed by atoms with Crippen molar-refractivity contribution in [1.82, 2.24) is 20.4 Å². The fourth-order valence-electron chi connectivity index (χ4n) is 3.12. The molecular formula is C18H26IN5O2. The fraction of sp³-hybridized carbons (Fsp3) is 0.500. The molecule has 1 aliphatic heterocycles. The van der Waals surface area contributed by atoms with Gasteiger partial charge < -0.3 is 19.5 Å². The van der Waals surface area contributed by atoms with Crippen molar-refractivity contribution in [3.8, 4) is 0 Å². The summed E-state index contributed by atoms with van der Waals surface area (Å²) in [6.07, 6.45) is 0.0403. The van der Waals surface area contributed by atoms with Crippen LogP contribution in [-0.2, 0) is 11.3 Å². The number of nitrogens with one attached hydrogen (secondary N) is 1. The molecule has 142 valence electrons. The molecule has 7 nitrogen and oxygen atoms in total. The van der Waals surface area contributed by atoms with Crippen LogP contribution in [-0.4, -0.2) is 47.7 Å². The second kappa shape index (κ2) is 9.31. The van der Waals surface area contributed by atoms with Crippen molar-refractivity contribution in [2.24, 2.45) is 4.99 Å². The normalized spacial score (nSPS) is 17.8. The van der Waals surface area contributed by atoms with Gasteiger partial charge in [-0.2, -0.15) is 4.98 Å². The first-order valence-electron chi connectivity index (χ1n) is 8.50. The van der Waals surface area contributed by atoms with Crippen molar-refractivity contribution in [3.63, 3.8) is 0 Å². The van der Waals surface area contributed by atoms with Crippen LogP contribution in [0.5, 0.6) is 0 Å². The van der Waals surface area contributed by atoms with Gasteiger partial charge in [-0.3, -0.25) is 4.99 Å². The van der Waals surface area contributed by atoms with Crippen LogP contribution in [0.2, 0.25) is 0 Å². The van der Waals surface area contributed by atoms with E-state index in [-0.39, 0.29) is 30.1 Å². The second-order valence-corrected chi connectivity index (χ2v) is 6.30. The summed E-state index contributed by atoms with van der Waals surface area (Å²) in [4.78, 5) is 10.8. The Kier molecular flexibility index (Phi) is 7.39. The zero-order valence-corrected chi connectivity index (χ0v) is 18.0. The maximum absolute atomic E-state index is 6.01. The topological polar surface area (TPSA) is 75.8 Å². The summed E-state index contributed by atoms with van der Waals surface area (Å²) in [5.41, 5.74) is 3.76. The molecule has 2 heterocycles. The van der Waals surface area contributed by atoms with Gasteiger partial charge in [0.2, 0.25) is 5.89 Å². The molecule has 0 bridgehead atoms. The lowest BCUT2D eigenvalue weighted by Crippen LogP contribution is -2.48. The van der Waals surface area contributed by atoms with Gasteiger partial charge in [0.15, 0.2) is 11.8 Å². The number of nitrogens with zero attached hydrogens (tertiary/aromatic N) is 4. The number of aromatic nitrogens is 2. The fourth-order valence-corrected chi connectivity index (χ4v) is 3.12. The predicted octanol–water partition coefficient (Wildman–Crippen LogP) is 2.76. The molecule has 0 amide bonds. The van der Waals surface area contributed by atoms with Crippen molar-refractivity contribution >= 4 is 29.9 Å². The second-order valence-electron chi connectivity index (χ2n) is 6.30. The Hall–Kier alpha value is -1.68. The third-order valence-corrected chi connectivity index (χ3v) is 4.32. The highest BCUT2D eigenvalue weighted by Gasteiger charge is 2.25. The van der Waals surface area contributed by atoms with Crippen molar-refractivity contribution in [2.45, 2.75) is 33.4 Å². The molecule has 3 rings (SSSR count). The van der Waals surface area contributed by atoms with Gasteiger partial charge in [-0.1, -0.05) is 28.9 Å². The molecule has 0 radical (unpaired) electrons. The maximum atomic E-state index is 6.01. The van der Waals surface area contributed by atoms with E-state index in [4.69, 9.17) is 9.26 Å². The smallest absolute Gasteiger partial charge is 0.246 e. The van der Waals surface area contributed by atoms with Crippen molar-refractivity contribution < 1.29 is 9.26 Å². The van der Waals surface area contributed by atoms with Gasteiger partial charge in [0.05, 0.1) is 19.7 Å². The Labute approximate surface area is 171 Å². The van der Waals surface area contributed by atoms with Gasteiger partial charge in [-0.05, 0) is 31.9 Å². The van der Waals surface area contributed by atoms with Gasteiger partial charge in [0.1, 0.15) is 6.10 Å². The average Bonchev–Trinajstić information content (AvgIpc) is 3.01. The first-order chi connectivity index (χ1) is 12.1. The number of hydrogen-bond acceptors (Lipinski definition) is 5. The average molecular weight is 471 g/mol. The molecule has 26 heavy (non-hydrogen) atoms. The summed E-state index contributed by atoms with van der Waals surface area (Å²) >= 11 is 0. The number of rotatable bonds is 3. The van der Waals surface area contributed by atoms with Gasteiger partial charge in [-0.15, -0.1) is 24.0 Å². The first kappa shape index (κ1) is 20.6. The lowest BCUT2D eigenvalue weighted by atomic mass is 10.00. The number of guanidine groups is 1. The zero-order chi connectivity index (χ0) is 17.8. The van der Waals surface area contributed by atoms with Crippen LogP contribution in [0.25, 0.3) is 0 Å². The minimum atomic E-state index is 0. The molecule has 0 aliphatic carbocycles. The summed E-state index contributed by atoms with van der Waals surface area (Å²) < 4.78 is 11.2. The van der Waals surface area contributed by atoms with E-state index >= 15 is 0 Å². The SMILES string of the molecule is CN=C(NCc1nc(C)no1)N1CCOC(c2ccc(C)cc2C)C1.I. The predicted molar refractivity (Wildman–Crippen MR) is 111 cm³/mol. The molecule has 1 N–H and O–H groups in total. The van der Waals surface area contributed by atoms with E-state index in [2.05, 4.69) is 57.4 Å². The first-order valence-corrected chi connectivity index (χ1v) is 8.50. The van der Waals surface area contributed by atoms with Crippen molar-refractivity contribution in [1.29, 1.82) is 0 Å². The largest absolute Gasteiger partial charge is 0.370 e. The Balaban J connectivity index is 0.00000243. The monoisotopic (exact) mass is 471 g/mol. The Morgan fingerprint density at radius 2 is 2.15 bits per heavy atom. The lowest BCUT2D eigenvalue weighted by molar-refractivity contribution is -0.00838. The Bertz CT molecular complexity index is 762. The van der Waals surface area contributed by atoms with E-state index in [1.54, 1.807) is 14.0 Å². The van der Waals surface area contributed by atoms with Crippen LogP contribution in [0.3, 0.4) is 0 Å². The van der Waals surface area contributed by atoms with E-state index in [1.807, 2.05) is 0 Å². The summed E-state index contributed by atoms with van der Waals surface area (Å²) in [7, 11) is 1.78. The van der Waals surface area contributed by atoms with E-state index in [0.29, 0.717) is 24.9 Å². The van der Waals surface area contributed by atoms with Gasteiger partial charge in [0, 0.05) is 13.6 Å². The lowest BCUT2D eigenvalue weighted by Gasteiger charge is -2.35. The Morgan fingerprint density at radius 3 is 2.81 bits per heavy atom. The molecule has 0 saturated carbocycles. The van der Waals surface area contributed by atoms with Gasteiger partial charge in [-0.25, -0.2) is 0 Å². The van der Waals surface area contributed by atoms with Crippen molar-refractivity contribution in [2.75, 3.05) is 26.7 Å². The third-order valence-electron chi connectivity index (χ3n) is 4.32. The summed E-state index contributed by atoms with van der Waals surface area (Å²) in [6, 6.07) is 6.49. The zero-order valence-electron chi connectivity index (χ0n) is 15.7. The number of aliphatic imine (C=N–C) groups is 1. The highest BCUT2D eigenvalue weighted by Crippen LogP contribution is 2.25. The molecular weight excluding hydrogens is 445 g/mol. The third kappa shape index (κ3) is 4.94. The number of benzene rings is 1. The van der Waals surface area contributed by atoms with Crippen LogP contribution in [0.15, 0.2) is 27.7 Å². The molecule has 1 fully saturated rings. The molecule has 1 atom stereocenters. The molecule has 0 spiro atoms. The number of morpholine rings is 1. The quantitative estimate of drug-likeness (QED) is 0.422. The standard InChI is InChI=1S/C18H25N5O2.HI/c1-12-5-6-15(13(2)9-12)16-11-23(7-8-24-16)18(19-4)20-10-17-21-14(3)22-25-17;/h5-6,9,16H,7-8,10-11H2,1-4H3,(H,19,20);1H. The van der Waals surface area contributed by atoms with Crippen LogP contribution < -0.4 is 5.32 Å². The van der Waals surface area contributed by atoms with Crippen LogP contribution in [0.4, 0.5) is 0 Å². The number of ether oxygens (including phenoxy) is 1. The van der Waals surface area contributed by atoms with Gasteiger partial charge in [0.25, 0.3) is 0 Å². The number of hydrogen-bond donors (Lipinski definition) is 1. The van der Waals surface area contributed by atoms with Crippen LogP contribution in [0, 0.1) is 20.8 Å². The summed E-state index contributed by atoms with van der Waals surface area (Å²) in [5.74, 6) is 2.00. The van der Waals surface area contributed by atoms with E-state index in [9.17, 15) is 0 Å².